The van der Waals surface area contributed by atoms with Crippen molar-refractivity contribution in [2.45, 2.75) is 32.2 Å². The number of hydrogen-bond donors (Lipinski definition) is 1. The van der Waals surface area contributed by atoms with E-state index in [0.29, 0.717) is 5.95 Å². The average molecular weight is 261 g/mol. The highest BCUT2D eigenvalue weighted by atomic mass is 15.3. The number of aryl methyl sites for hydroxylation is 1. The minimum Gasteiger partial charge on any atom is -0.357 e. The third kappa shape index (κ3) is 2.52. The second kappa shape index (κ2) is 5.33. The first-order chi connectivity index (χ1) is 9.28. The lowest BCUT2D eigenvalue weighted by Gasteiger charge is -2.44. The highest BCUT2D eigenvalue weighted by Gasteiger charge is 2.30. The number of piperazine rings is 1. The summed E-state index contributed by atoms with van der Waals surface area (Å²) in [6.45, 7) is 6.74. The van der Waals surface area contributed by atoms with Gasteiger partial charge in [-0.15, -0.1) is 0 Å². The van der Waals surface area contributed by atoms with Crippen molar-refractivity contribution < 1.29 is 0 Å². The van der Waals surface area contributed by atoms with Crippen LogP contribution in [0.5, 0.6) is 0 Å². The number of piperidine rings is 1. The van der Waals surface area contributed by atoms with Gasteiger partial charge in [0, 0.05) is 44.5 Å². The van der Waals surface area contributed by atoms with Crippen LogP contribution in [0, 0.1) is 6.92 Å². The molecule has 1 aromatic rings. The molecule has 1 atom stereocenters. The van der Waals surface area contributed by atoms with E-state index in [9.17, 15) is 0 Å². The fraction of sp³-hybridized carbons (Fsp3) is 0.714. The van der Waals surface area contributed by atoms with Gasteiger partial charge in [0.15, 0.2) is 0 Å². The maximum absolute atomic E-state index is 4.64. The molecule has 0 saturated carbocycles. The Morgan fingerprint density at radius 2 is 2.16 bits per heavy atom. The summed E-state index contributed by atoms with van der Waals surface area (Å²) in [6.07, 6.45) is 5.99. The van der Waals surface area contributed by atoms with Gasteiger partial charge >= 0.3 is 0 Å². The summed E-state index contributed by atoms with van der Waals surface area (Å²) in [5.74, 6) is 1.82. The summed E-state index contributed by atoms with van der Waals surface area (Å²) < 4.78 is 0. The Morgan fingerprint density at radius 1 is 1.26 bits per heavy atom. The van der Waals surface area contributed by atoms with E-state index in [1.807, 2.05) is 13.2 Å². The number of hydrogen-bond acceptors (Lipinski definition) is 5. The van der Waals surface area contributed by atoms with Crippen LogP contribution in [-0.2, 0) is 0 Å². The van der Waals surface area contributed by atoms with E-state index in [1.54, 1.807) is 0 Å². The van der Waals surface area contributed by atoms with Crippen molar-refractivity contribution >= 4 is 11.8 Å². The van der Waals surface area contributed by atoms with Crippen LogP contribution in [0.25, 0.3) is 0 Å². The molecular formula is C14H23N5. The molecule has 0 radical (unpaired) electrons. The molecule has 2 aliphatic rings. The quantitative estimate of drug-likeness (QED) is 0.874. The zero-order chi connectivity index (χ0) is 13.2. The third-order valence-electron chi connectivity index (χ3n) is 4.31. The van der Waals surface area contributed by atoms with E-state index in [2.05, 4.69) is 32.0 Å². The van der Waals surface area contributed by atoms with E-state index in [0.717, 1.165) is 24.9 Å². The summed E-state index contributed by atoms with van der Waals surface area (Å²) >= 11 is 0. The van der Waals surface area contributed by atoms with E-state index < -0.39 is 0 Å². The minimum atomic E-state index is 0.715. The maximum Gasteiger partial charge on any atom is 0.224 e. The molecule has 2 aliphatic heterocycles. The van der Waals surface area contributed by atoms with Crippen molar-refractivity contribution in [1.82, 2.24) is 14.9 Å². The van der Waals surface area contributed by atoms with Crippen LogP contribution in [0.1, 0.15) is 24.8 Å². The van der Waals surface area contributed by atoms with Crippen molar-refractivity contribution in [2.24, 2.45) is 0 Å². The fourth-order valence-corrected chi connectivity index (χ4v) is 3.22. The van der Waals surface area contributed by atoms with E-state index in [4.69, 9.17) is 0 Å². The van der Waals surface area contributed by atoms with Crippen LogP contribution in [0.4, 0.5) is 11.8 Å². The Labute approximate surface area is 115 Å². The molecule has 5 heteroatoms. The van der Waals surface area contributed by atoms with Crippen LogP contribution in [-0.4, -0.2) is 54.1 Å². The predicted molar refractivity (Wildman–Crippen MR) is 77.7 cm³/mol. The second-order valence-corrected chi connectivity index (χ2v) is 5.58. The van der Waals surface area contributed by atoms with Crippen LogP contribution >= 0.6 is 0 Å². The van der Waals surface area contributed by atoms with Gasteiger partial charge < -0.3 is 10.2 Å². The summed E-state index contributed by atoms with van der Waals surface area (Å²) in [7, 11) is 1.87. The lowest BCUT2D eigenvalue weighted by Crippen LogP contribution is -2.55. The van der Waals surface area contributed by atoms with Gasteiger partial charge in [-0.25, -0.2) is 4.98 Å². The molecule has 19 heavy (non-hydrogen) atoms. The molecule has 2 saturated heterocycles. The first-order valence-electron chi connectivity index (χ1n) is 7.28. The number of rotatable bonds is 2. The molecule has 5 nitrogen and oxygen atoms in total. The number of aromatic nitrogens is 2. The highest BCUT2D eigenvalue weighted by molar-refractivity contribution is 5.49. The van der Waals surface area contributed by atoms with Crippen molar-refractivity contribution in [1.29, 1.82) is 0 Å². The maximum atomic E-state index is 4.64. The number of fused-ring (bicyclic) bond motifs is 1. The molecule has 3 heterocycles. The van der Waals surface area contributed by atoms with Gasteiger partial charge in [-0.05, 0) is 26.3 Å². The molecule has 0 bridgehead atoms. The lowest BCUT2D eigenvalue weighted by atomic mass is 9.99. The lowest BCUT2D eigenvalue weighted by molar-refractivity contribution is 0.133. The molecule has 0 amide bonds. The van der Waals surface area contributed by atoms with Gasteiger partial charge in [-0.2, -0.15) is 4.98 Å². The van der Waals surface area contributed by atoms with Gasteiger partial charge in [0.1, 0.15) is 5.82 Å². The smallest absolute Gasteiger partial charge is 0.224 e. The van der Waals surface area contributed by atoms with Crippen molar-refractivity contribution in [2.75, 3.05) is 43.4 Å². The molecular weight excluding hydrogens is 238 g/mol. The summed E-state index contributed by atoms with van der Waals surface area (Å²) in [4.78, 5) is 14.0. The molecule has 1 unspecified atom stereocenters. The van der Waals surface area contributed by atoms with Crippen LogP contribution in [0.15, 0.2) is 6.20 Å². The average Bonchev–Trinajstić information content (AvgIpc) is 2.47. The van der Waals surface area contributed by atoms with Gasteiger partial charge in [0.05, 0.1) is 0 Å². The Bertz CT molecular complexity index is 447. The minimum absolute atomic E-state index is 0.715. The summed E-state index contributed by atoms with van der Waals surface area (Å²) in [6, 6.07) is 0.718. The zero-order valence-electron chi connectivity index (χ0n) is 11.9. The summed E-state index contributed by atoms with van der Waals surface area (Å²) in [5, 5.41) is 3.03. The molecule has 2 fully saturated rings. The standard InChI is InChI=1S/C14H23N5/c1-11-9-16-14(15-2)17-13(11)19-8-7-18-6-4-3-5-12(18)10-19/h9,12H,3-8,10H2,1-2H3,(H,15,16,17). The molecule has 0 aliphatic carbocycles. The number of nitrogens with zero attached hydrogens (tertiary/aromatic N) is 4. The fourth-order valence-electron chi connectivity index (χ4n) is 3.22. The zero-order valence-corrected chi connectivity index (χ0v) is 11.9. The number of anilines is 2. The van der Waals surface area contributed by atoms with Crippen molar-refractivity contribution in [3.63, 3.8) is 0 Å². The van der Waals surface area contributed by atoms with E-state index in [1.165, 1.54) is 37.9 Å². The highest BCUT2D eigenvalue weighted by Crippen LogP contribution is 2.26. The van der Waals surface area contributed by atoms with Crippen molar-refractivity contribution in [3.8, 4) is 0 Å². The number of nitrogens with one attached hydrogen (secondary N) is 1. The normalized spacial score (nSPS) is 24.1. The Balaban J connectivity index is 1.79. The van der Waals surface area contributed by atoms with Gasteiger partial charge in [0.25, 0.3) is 0 Å². The SMILES string of the molecule is CNc1ncc(C)c(N2CCN3CCCCC3C2)n1. The monoisotopic (exact) mass is 261 g/mol. The summed E-state index contributed by atoms with van der Waals surface area (Å²) in [5.41, 5.74) is 1.17. The first-order valence-corrected chi connectivity index (χ1v) is 7.28. The molecule has 104 valence electrons. The van der Waals surface area contributed by atoms with Crippen LogP contribution in [0.2, 0.25) is 0 Å². The topological polar surface area (TPSA) is 44.3 Å². The van der Waals surface area contributed by atoms with Crippen molar-refractivity contribution in [3.05, 3.63) is 11.8 Å². The molecule has 0 aromatic carbocycles. The Kier molecular flexibility index (Phi) is 3.55. The molecule has 0 spiro atoms. The first kappa shape index (κ1) is 12.7. The van der Waals surface area contributed by atoms with Crippen LogP contribution in [0.3, 0.4) is 0 Å². The predicted octanol–water partition coefficient (Wildman–Crippen LogP) is 1.50. The van der Waals surface area contributed by atoms with E-state index in [-0.39, 0.29) is 0 Å². The molecule has 3 rings (SSSR count). The third-order valence-corrected chi connectivity index (χ3v) is 4.31. The van der Waals surface area contributed by atoms with Gasteiger partial charge in [-0.1, -0.05) is 6.42 Å². The largest absolute Gasteiger partial charge is 0.357 e. The van der Waals surface area contributed by atoms with Gasteiger partial charge in [-0.3, -0.25) is 4.90 Å². The van der Waals surface area contributed by atoms with Gasteiger partial charge in [0.2, 0.25) is 5.95 Å². The second-order valence-electron chi connectivity index (χ2n) is 5.58. The molecule has 1 aromatic heterocycles. The van der Waals surface area contributed by atoms with Crippen LogP contribution < -0.4 is 10.2 Å². The molecule has 1 N–H and O–H groups in total. The van der Waals surface area contributed by atoms with E-state index >= 15 is 0 Å². The Hall–Kier alpha value is -1.36. The Morgan fingerprint density at radius 3 is 3.00 bits per heavy atom.